The lowest BCUT2D eigenvalue weighted by molar-refractivity contribution is 0.0706. The van der Waals surface area contributed by atoms with Gasteiger partial charge in [0, 0.05) is 57.2 Å². The summed E-state index contributed by atoms with van der Waals surface area (Å²) in [6.07, 6.45) is 17.2. The molecule has 20 atom stereocenters. The van der Waals surface area contributed by atoms with E-state index in [9.17, 15) is 0 Å². The fraction of sp³-hybridized carbons (Fsp3) is 0.857. The van der Waals surface area contributed by atoms with Crippen LogP contribution in [-0.4, -0.2) is 49.3 Å². The highest BCUT2D eigenvalue weighted by atomic mass is 15.4. The van der Waals surface area contributed by atoms with Gasteiger partial charge in [0.05, 0.1) is 49.3 Å². The summed E-state index contributed by atoms with van der Waals surface area (Å²) in [6.45, 7) is 27.0. The Morgan fingerprint density at radius 3 is 0.672 bits per heavy atom. The Morgan fingerprint density at radius 1 is 0.266 bits per heavy atom. The molecule has 5 heterocycles. The molecule has 8 heteroatoms. The van der Waals surface area contributed by atoms with Crippen molar-refractivity contribution in [2.45, 2.75) is 209 Å². The number of nitrogens with one attached hydrogen (secondary N) is 8. The number of hydrogen-bond donors (Lipinski definition) is 8. The van der Waals surface area contributed by atoms with Crippen LogP contribution >= 0.6 is 0 Å². The van der Waals surface area contributed by atoms with E-state index in [0.29, 0.717) is 47.8 Å². The molecule has 5 aliphatic heterocycles. The van der Waals surface area contributed by atoms with E-state index in [0.717, 1.165) is 0 Å². The van der Waals surface area contributed by atoms with E-state index < -0.39 is 0 Å². The Morgan fingerprint density at radius 2 is 0.453 bits per heavy atom. The van der Waals surface area contributed by atoms with Crippen LogP contribution in [0.5, 0.6) is 0 Å². The highest BCUT2D eigenvalue weighted by Gasteiger charge is 2.61. The van der Waals surface area contributed by atoms with Gasteiger partial charge in [-0.2, -0.15) is 0 Å². The molecule has 64 heavy (non-hydrogen) atoms. The first kappa shape index (κ1) is 47.0. The van der Waals surface area contributed by atoms with Crippen LogP contribution in [0.15, 0.2) is 0 Å². The first-order chi connectivity index (χ1) is 30.2. The van der Waals surface area contributed by atoms with Gasteiger partial charge in [0.15, 0.2) is 0 Å². The van der Waals surface area contributed by atoms with Crippen molar-refractivity contribution in [3.8, 4) is 47.4 Å². The first-order valence-electron chi connectivity index (χ1n) is 26.4. The number of hydrogen-bond acceptors (Lipinski definition) is 8. The molecule has 352 valence electrons. The Bertz CT molecular complexity index is 1800. The van der Waals surface area contributed by atoms with Gasteiger partial charge in [0.25, 0.3) is 0 Å². The molecular weight excluding hydrogens is 785 g/mol. The zero-order valence-electron chi connectivity index (χ0n) is 42.0. The third-order valence-corrected chi connectivity index (χ3v) is 16.7. The van der Waals surface area contributed by atoms with Gasteiger partial charge in [-0.05, 0) is 157 Å². The van der Waals surface area contributed by atoms with Gasteiger partial charge in [-0.25, -0.2) is 0 Å². The Balaban J connectivity index is 1.20. The molecule has 0 aromatic rings. The maximum atomic E-state index is 4.44. The Kier molecular flexibility index (Phi) is 13.3. The van der Waals surface area contributed by atoms with E-state index in [1.165, 1.54) is 77.0 Å². The summed E-state index contributed by atoms with van der Waals surface area (Å²) in [4.78, 5) is 0. The molecule has 0 radical (unpaired) electrons. The van der Waals surface area contributed by atoms with Gasteiger partial charge >= 0.3 is 0 Å². The zero-order chi connectivity index (χ0) is 45.3. The predicted octanol–water partition coefficient (Wildman–Crippen LogP) is 7.71. The van der Waals surface area contributed by atoms with Crippen LogP contribution < -0.4 is 42.5 Å². The molecule has 4 saturated carbocycles. The highest BCUT2D eigenvalue weighted by molar-refractivity contribution is 5.33. The van der Waals surface area contributed by atoms with Crippen LogP contribution in [0, 0.1) is 140 Å². The molecule has 8 N–H and O–H groups in total. The van der Waals surface area contributed by atoms with E-state index in [4.69, 9.17) is 0 Å². The van der Waals surface area contributed by atoms with Crippen LogP contribution in [0.25, 0.3) is 0 Å². The maximum Gasteiger partial charge on any atom is 0.0641 e. The third-order valence-electron chi connectivity index (χ3n) is 16.7. The van der Waals surface area contributed by atoms with Gasteiger partial charge in [-0.15, -0.1) is 0 Å². The molecule has 8 nitrogen and oxygen atoms in total. The van der Waals surface area contributed by atoms with Crippen LogP contribution in [0.1, 0.15) is 160 Å². The molecule has 5 saturated heterocycles. The third kappa shape index (κ3) is 10.2. The standard InChI is InChI=1S/C56H88N8/c1-53(2,3)29-25-33-34(26-30-54(4,5)6)36(28-32-56(10,11)12)44-43(35(33)27-31-55(7,8)9)51-62-49-41-23-17-15-21-39(41)47(60-49)58-45-37-19-13-14-20-38(37)46(57-45)59-48-40-22-16-18-24-42(40)50(61-48)63-52(44)64-51/h33-52,57-64H,13-24H2,1-12H3. The van der Waals surface area contributed by atoms with E-state index in [1.807, 2.05) is 0 Å². The second-order valence-corrected chi connectivity index (χ2v) is 26.3. The van der Waals surface area contributed by atoms with Crippen LogP contribution in [0.4, 0.5) is 0 Å². The molecular formula is C56H88N8. The lowest BCUT2D eigenvalue weighted by Crippen LogP contribution is -2.62. The van der Waals surface area contributed by atoms with Crippen molar-refractivity contribution in [2.75, 3.05) is 0 Å². The fourth-order valence-corrected chi connectivity index (χ4v) is 14.1. The number of rotatable bonds is 0. The molecule has 8 bridgehead atoms. The summed E-state index contributed by atoms with van der Waals surface area (Å²) in [5.74, 6) is 35.2. The van der Waals surface area contributed by atoms with Crippen molar-refractivity contribution in [1.82, 2.24) is 42.5 Å². The first-order valence-corrected chi connectivity index (χ1v) is 26.4. The topological polar surface area (TPSA) is 96.2 Å². The highest BCUT2D eigenvalue weighted by Crippen LogP contribution is 2.52. The summed E-state index contributed by atoms with van der Waals surface area (Å²) in [5, 5.41) is 34.8. The smallest absolute Gasteiger partial charge is 0.0641 e. The maximum absolute atomic E-state index is 4.44. The average molecular weight is 873 g/mol. The molecule has 0 amide bonds. The molecule has 0 spiro atoms. The predicted molar refractivity (Wildman–Crippen MR) is 262 cm³/mol. The summed E-state index contributed by atoms with van der Waals surface area (Å²) in [6, 6.07) is 0. The second-order valence-electron chi connectivity index (χ2n) is 26.3. The molecule has 0 aromatic carbocycles. The summed E-state index contributed by atoms with van der Waals surface area (Å²) < 4.78 is 0. The van der Waals surface area contributed by atoms with E-state index in [-0.39, 0.29) is 94.2 Å². The minimum atomic E-state index is -0.153. The van der Waals surface area contributed by atoms with Crippen molar-refractivity contribution >= 4 is 0 Å². The average Bonchev–Trinajstić information content (AvgIpc) is 3.95. The minimum Gasteiger partial charge on any atom is -0.286 e. The van der Waals surface area contributed by atoms with Crippen molar-refractivity contribution in [1.29, 1.82) is 0 Å². The molecule has 9 fully saturated rings. The van der Waals surface area contributed by atoms with Crippen molar-refractivity contribution < 1.29 is 0 Å². The zero-order valence-corrected chi connectivity index (χ0v) is 42.0. The monoisotopic (exact) mass is 873 g/mol. The van der Waals surface area contributed by atoms with E-state index >= 15 is 0 Å². The number of fused-ring (bicyclic) bond motifs is 20. The van der Waals surface area contributed by atoms with Crippen LogP contribution in [0.2, 0.25) is 0 Å². The molecule has 4 aliphatic carbocycles. The van der Waals surface area contributed by atoms with E-state index in [1.54, 1.807) is 0 Å². The molecule has 0 aromatic heterocycles. The van der Waals surface area contributed by atoms with Crippen molar-refractivity contribution in [3.63, 3.8) is 0 Å². The molecule has 20 unspecified atom stereocenters. The SMILES string of the molecule is CC(C)(C)C#CC1C(C#CC(C)(C)C)C(C#CC(C)(C)C)C2C3NC4NC(NC5NC(NC6NC(NC(N3)C2C1C#CC(C)(C)C)C1CCCCC61)C1CCCCC51)C1CCCCC41. The fourth-order valence-electron chi connectivity index (χ4n) is 14.1. The minimum absolute atomic E-state index is 0.000979. The van der Waals surface area contributed by atoms with Crippen molar-refractivity contribution in [3.05, 3.63) is 0 Å². The van der Waals surface area contributed by atoms with Gasteiger partial charge in [0.1, 0.15) is 0 Å². The van der Waals surface area contributed by atoms with Crippen LogP contribution in [0.3, 0.4) is 0 Å². The Labute approximate surface area is 390 Å². The Hall–Kier alpha value is -2.08. The normalized spacial score (nSPS) is 45.3. The quantitative estimate of drug-likeness (QED) is 0.118. The summed E-state index contributed by atoms with van der Waals surface area (Å²) in [5.41, 5.74) is -0.604. The second kappa shape index (κ2) is 18.1. The largest absolute Gasteiger partial charge is 0.286 e. The van der Waals surface area contributed by atoms with Gasteiger partial charge < -0.3 is 0 Å². The molecule has 9 aliphatic rings. The lowest BCUT2D eigenvalue weighted by atomic mass is 9.56. The summed E-state index contributed by atoms with van der Waals surface area (Å²) >= 11 is 0. The lowest BCUT2D eigenvalue weighted by Gasteiger charge is -2.46. The van der Waals surface area contributed by atoms with Gasteiger partial charge in [-0.3, -0.25) is 42.5 Å². The van der Waals surface area contributed by atoms with Crippen molar-refractivity contribution in [2.24, 2.45) is 92.7 Å². The summed E-state index contributed by atoms with van der Waals surface area (Å²) in [7, 11) is 0. The van der Waals surface area contributed by atoms with Gasteiger partial charge in [-0.1, -0.05) is 85.9 Å². The van der Waals surface area contributed by atoms with Crippen LogP contribution in [-0.2, 0) is 0 Å². The van der Waals surface area contributed by atoms with E-state index in [2.05, 4.69) is 173 Å². The molecule has 9 rings (SSSR count). The van der Waals surface area contributed by atoms with Gasteiger partial charge in [0.2, 0.25) is 0 Å².